The maximum Gasteiger partial charge on any atom is 0.264 e. The van der Waals surface area contributed by atoms with Crippen LogP contribution >= 0.6 is 0 Å². The Labute approximate surface area is 292 Å². The number of nitrogens with zero attached hydrogens (tertiary/aromatic N) is 2. The first-order valence-corrected chi connectivity index (χ1v) is 17.3. The minimum atomic E-state index is -0.0559. The van der Waals surface area contributed by atoms with Gasteiger partial charge in [0, 0.05) is 21.7 Å². The maximum atomic E-state index is 14.9. The summed E-state index contributed by atoms with van der Waals surface area (Å²) in [4.78, 5) is 20.3. The molecule has 9 aromatic carbocycles. The predicted octanol–water partition coefficient (Wildman–Crippen LogP) is 12.1. The number of fused-ring (bicyclic) bond motifs is 7. The summed E-state index contributed by atoms with van der Waals surface area (Å²) in [5.41, 5.74) is 8.79. The molecule has 0 fully saturated rings. The number of hydrogen-bond donors (Lipinski definition) is 0. The van der Waals surface area contributed by atoms with Gasteiger partial charge >= 0.3 is 0 Å². The number of hydrogen-bond acceptors (Lipinski definition) is 2. The van der Waals surface area contributed by atoms with Crippen LogP contribution in [0.1, 0.15) is 0 Å². The Kier molecular flexibility index (Phi) is 5.82. The molecule has 0 aliphatic rings. The van der Waals surface area contributed by atoms with Gasteiger partial charge in [-0.15, -0.1) is 0 Å². The van der Waals surface area contributed by atoms with E-state index in [0.29, 0.717) is 11.0 Å². The van der Waals surface area contributed by atoms with Gasteiger partial charge in [0.2, 0.25) is 0 Å². The molecule has 11 aromatic rings. The van der Waals surface area contributed by atoms with Gasteiger partial charge in [-0.05, 0) is 89.8 Å². The molecule has 0 bridgehead atoms. The molecule has 51 heavy (non-hydrogen) atoms. The van der Waals surface area contributed by atoms with Gasteiger partial charge < -0.3 is 0 Å². The van der Waals surface area contributed by atoms with E-state index >= 15 is 0 Å². The van der Waals surface area contributed by atoms with Crippen LogP contribution in [0.15, 0.2) is 175 Å². The Bertz CT molecular complexity index is 3270. The SMILES string of the molecule is O=c1c2cccc3c(-c4cccc5ccccc45)ccc(c32)c2nc3c(-c4cccc5ccccc45)cc(-c4cccc5ccccc45)cc3n12. The summed E-state index contributed by atoms with van der Waals surface area (Å²) in [6, 6.07) is 59.7. The third-order valence-corrected chi connectivity index (χ3v) is 10.7. The third kappa shape index (κ3) is 4.00. The summed E-state index contributed by atoms with van der Waals surface area (Å²) >= 11 is 0. The fourth-order valence-corrected chi connectivity index (χ4v) is 8.45. The minimum Gasteiger partial charge on any atom is -0.268 e. The normalized spacial score (nSPS) is 12.0. The zero-order chi connectivity index (χ0) is 33.6. The summed E-state index contributed by atoms with van der Waals surface area (Å²) in [5, 5.41) is 10.7. The molecular formula is C48H28N2O. The van der Waals surface area contributed by atoms with E-state index in [1.165, 1.54) is 21.5 Å². The van der Waals surface area contributed by atoms with Crippen LogP contribution in [0, 0.1) is 0 Å². The van der Waals surface area contributed by atoms with Crippen LogP contribution in [-0.4, -0.2) is 9.38 Å². The third-order valence-electron chi connectivity index (χ3n) is 10.7. The lowest BCUT2D eigenvalue weighted by atomic mass is 9.91. The van der Waals surface area contributed by atoms with Crippen LogP contribution in [0.2, 0.25) is 0 Å². The molecule has 3 heteroatoms. The molecule has 2 aromatic heterocycles. The molecule has 2 heterocycles. The van der Waals surface area contributed by atoms with Gasteiger partial charge in [0.05, 0.1) is 11.0 Å². The zero-order valence-electron chi connectivity index (χ0n) is 27.5. The average Bonchev–Trinajstić information content (AvgIpc) is 3.59. The van der Waals surface area contributed by atoms with Crippen molar-refractivity contribution in [2.24, 2.45) is 0 Å². The summed E-state index contributed by atoms with van der Waals surface area (Å²) in [5.74, 6) is 0. The van der Waals surface area contributed by atoms with Gasteiger partial charge in [0.1, 0.15) is 5.65 Å². The summed E-state index contributed by atoms with van der Waals surface area (Å²) in [6.07, 6.45) is 0. The largest absolute Gasteiger partial charge is 0.268 e. The molecular weight excluding hydrogens is 621 g/mol. The second kappa shape index (κ2) is 10.6. The van der Waals surface area contributed by atoms with Crippen molar-refractivity contribution < 1.29 is 0 Å². The average molecular weight is 649 g/mol. The standard InChI is InChI=1S/C48H28N2O/c51-48-42-24-10-23-40-39(37-21-8-15-30-12-2-5-18-34(30)37)25-26-41(45(40)42)47-49-46-43(38-22-9-16-31-13-3-6-19-35(31)38)27-32(28-44(46)50(47)48)36-20-7-14-29-11-1-4-17-33(29)36/h1-28H. The van der Waals surface area contributed by atoms with Gasteiger partial charge in [-0.2, -0.15) is 0 Å². The van der Waals surface area contributed by atoms with Crippen molar-refractivity contribution in [3.8, 4) is 33.4 Å². The Morgan fingerprint density at radius 2 is 0.882 bits per heavy atom. The van der Waals surface area contributed by atoms with Crippen LogP contribution in [-0.2, 0) is 0 Å². The number of pyridine rings is 1. The molecule has 0 amide bonds. The van der Waals surface area contributed by atoms with Crippen molar-refractivity contribution in [2.45, 2.75) is 0 Å². The molecule has 0 unspecified atom stereocenters. The molecule has 0 saturated carbocycles. The molecule has 0 aliphatic heterocycles. The fraction of sp³-hybridized carbons (Fsp3) is 0. The van der Waals surface area contributed by atoms with E-state index in [0.717, 1.165) is 71.3 Å². The van der Waals surface area contributed by atoms with Crippen LogP contribution in [0.3, 0.4) is 0 Å². The fourth-order valence-electron chi connectivity index (χ4n) is 8.45. The number of rotatable bonds is 3. The first-order chi connectivity index (χ1) is 25.2. The van der Waals surface area contributed by atoms with Gasteiger partial charge in [0.25, 0.3) is 5.56 Å². The summed E-state index contributed by atoms with van der Waals surface area (Å²) in [7, 11) is 0. The number of benzene rings is 9. The van der Waals surface area contributed by atoms with E-state index in [-0.39, 0.29) is 5.56 Å². The van der Waals surface area contributed by atoms with Crippen molar-refractivity contribution in [1.82, 2.24) is 9.38 Å². The summed E-state index contributed by atoms with van der Waals surface area (Å²) < 4.78 is 1.85. The lowest BCUT2D eigenvalue weighted by molar-refractivity contribution is 1.19. The lowest BCUT2D eigenvalue weighted by Gasteiger charge is -2.14. The quantitative estimate of drug-likeness (QED) is 0.191. The number of aromatic nitrogens is 2. The van der Waals surface area contributed by atoms with Crippen molar-refractivity contribution in [3.63, 3.8) is 0 Å². The second-order valence-electron chi connectivity index (χ2n) is 13.4. The van der Waals surface area contributed by atoms with Crippen LogP contribution in [0.5, 0.6) is 0 Å². The Morgan fingerprint density at radius 1 is 0.392 bits per heavy atom. The highest BCUT2D eigenvalue weighted by molar-refractivity contribution is 6.21. The van der Waals surface area contributed by atoms with Crippen LogP contribution in [0.4, 0.5) is 0 Å². The molecule has 0 radical (unpaired) electrons. The van der Waals surface area contributed by atoms with Crippen molar-refractivity contribution >= 4 is 70.5 Å². The number of imidazole rings is 1. The monoisotopic (exact) mass is 648 g/mol. The highest BCUT2D eigenvalue weighted by atomic mass is 16.1. The molecule has 236 valence electrons. The maximum absolute atomic E-state index is 14.9. The van der Waals surface area contributed by atoms with Gasteiger partial charge in [-0.1, -0.05) is 146 Å². The first kappa shape index (κ1) is 28.0. The van der Waals surface area contributed by atoms with E-state index in [4.69, 9.17) is 4.98 Å². The predicted molar refractivity (Wildman–Crippen MR) is 214 cm³/mol. The second-order valence-corrected chi connectivity index (χ2v) is 13.4. The van der Waals surface area contributed by atoms with E-state index in [1.54, 1.807) is 0 Å². The Hall–Kier alpha value is -6.84. The molecule has 0 spiro atoms. The van der Waals surface area contributed by atoms with E-state index < -0.39 is 0 Å². The van der Waals surface area contributed by atoms with E-state index in [9.17, 15) is 4.79 Å². The minimum absolute atomic E-state index is 0.0559. The van der Waals surface area contributed by atoms with Crippen molar-refractivity contribution in [3.05, 3.63) is 180 Å². The highest BCUT2D eigenvalue weighted by Crippen LogP contribution is 2.42. The zero-order valence-corrected chi connectivity index (χ0v) is 27.5. The topological polar surface area (TPSA) is 34.4 Å². The molecule has 0 saturated heterocycles. The molecule has 11 rings (SSSR count). The van der Waals surface area contributed by atoms with Crippen LogP contribution < -0.4 is 5.56 Å². The molecule has 3 nitrogen and oxygen atoms in total. The lowest BCUT2D eigenvalue weighted by Crippen LogP contribution is -2.13. The molecule has 0 N–H and O–H groups in total. The first-order valence-electron chi connectivity index (χ1n) is 17.3. The smallest absolute Gasteiger partial charge is 0.264 e. The highest BCUT2D eigenvalue weighted by Gasteiger charge is 2.22. The summed E-state index contributed by atoms with van der Waals surface area (Å²) in [6.45, 7) is 0. The van der Waals surface area contributed by atoms with Crippen molar-refractivity contribution in [2.75, 3.05) is 0 Å². The van der Waals surface area contributed by atoms with E-state index in [1.807, 2.05) is 16.5 Å². The van der Waals surface area contributed by atoms with Gasteiger partial charge in [-0.25, -0.2) is 4.98 Å². The Morgan fingerprint density at radius 3 is 1.55 bits per heavy atom. The van der Waals surface area contributed by atoms with Gasteiger partial charge in [0.15, 0.2) is 0 Å². The van der Waals surface area contributed by atoms with Crippen LogP contribution in [0.25, 0.3) is 104 Å². The molecule has 0 aliphatic carbocycles. The van der Waals surface area contributed by atoms with Crippen molar-refractivity contribution in [1.29, 1.82) is 0 Å². The van der Waals surface area contributed by atoms with E-state index in [2.05, 4.69) is 158 Å². The van der Waals surface area contributed by atoms with Gasteiger partial charge in [-0.3, -0.25) is 9.20 Å². The Balaban J connectivity index is 1.28. The molecule has 0 atom stereocenters.